The summed E-state index contributed by atoms with van der Waals surface area (Å²) < 4.78 is 39.3. The number of unbranched alkanes of at least 4 members (excludes halogenated alkanes) is 27. The third-order valence-electron chi connectivity index (χ3n) is 11.5. The van der Waals surface area contributed by atoms with Crippen LogP contribution < -0.4 is 0 Å². The minimum Gasteiger partial charge on any atom is -0.462 e. The van der Waals surface area contributed by atoms with Crippen molar-refractivity contribution in [2.75, 3.05) is 26.4 Å². The summed E-state index contributed by atoms with van der Waals surface area (Å²) in [5.74, 6) is -1.47. The first-order valence-corrected chi connectivity index (χ1v) is 28.4. The predicted octanol–water partition coefficient (Wildman–Crippen LogP) is 15.3. The van der Waals surface area contributed by atoms with Crippen LogP contribution in [0.15, 0.2) is 36.5 Å². The Morgan fingerprint density at radius 3 is 1.18 bits per heavy atom. The minimum absolute atomic E-state index is 0.158. The Labute approximate surface area is 403 Å². The molecule has 0 aliphatic carbocycles. The number of allylic oxidation sites excluding steroid dienone is 6. The van der Waals surface area contributed by atoms with Gasteiger partial charge >= 0.3 is 25.7 Å². The fourth-order valence-corrected chi connectivity index (χ4v) is 8.16. The number of hydrogen-bond donors (Lipinski definition) is 2. The van der Waals surface area contributed by atoms with Crippen LogP contribution in [0.1, 0.15) is 252 Å². The third-order valence-corrected chi connectivity index (χ3v) is 12.5. The maximum atomic E-state index is 12.8. The lowest BCUT2D eigenvalue weighted by molar-refractivity contribution is -0.161. The number of aliphatic hydroxyl groups excluding tert-OH is 1. The molecule has 0 saturated carbocycles. The van der Waals surface area contributed by atoms with Crippen molar-refractivity contribution in [2.24, 2.45) is 0 Å². The molecule has 0 saturated heterocycles. The quantitative estimate of drug-likeness (QED) is 0.0197. The second kappa shape index (κ2) is 49.1. The minimum atomic E-state index is -4.74. The number of hydrogen-bond acceptors (Lipinski definition) is 10. The van der Waals surface area contributed by atoms with Crippen molar-refractivity contribution in [1.82, 2.24) is 0 Å². The van der Waals surface area contributed by atoms with Gasteiger partial charge in [0.15, 0.2) is 6.10 Å². The average molecular weight is 955 g/mol. The maximum absolute atomic E-state index is 12.8. The largest absolute Gasteiger partial charge is 0.472 e. The second-order valence-corrected chi connectivity index (χ2v) is 19.5. The molecule has 0 aromatic heterocycles. The topological polar surface area (TPSA) is 155 Å². The van der Waals surface area contributed by atoms with E-state index < -0.39 is 57.8 Å². The van der Waals surface area contributed by atoms with E-state index in [-0.39, 0.29) is 25.9 Å². The molecule has 11 nitrogen and oxygen atoms in total. The molecule has 0 fully saturated rings. The van der Waals surface area contributed by atoms with Gasteiger partial charge in [0.1, 0.15) is 12.7 Å². The van der Waals surface area contributed by atoms with Crippen molar-refractivity contribution in [1.29, 1.82) is 0 Å². The molecule has 0 radical (unpaired) electrons. The number of esters is 3. The molecular formula is C54H99O11P. The molecule has 66 heavy (non-hydrogen) atoms. The van der Waals surface area contributed by atoms with Gasteiger partial charge in [-0.3, -0.25) is 23.4 Å². The molecule has 386 valence electrons. The van der Waals surface area contributed by atoms with Gasteiger partial charge in [0.25, 0.3) is 0 Å². The van der Waals surface area contributed by atoms with Crippen LogP contribution >= 0.6 is 7.82 Å². The number of phosphoric ester groups is 1. The van der Waals surface area contributed by atoms with Gasteiger partial charge in [0.2, 0.25) is 0 Å². The highest BCUT2D eigenvalue weighted by molar-refractivity contribution is 7.47. The van der Waals surface area contributed by atoms with Gasteiger partial charge in [-0.2, -0.15) is 0 Å². The zero-order valence-electron chi connectivity index (χ0n) is 42.4. The zero-order valence-corrected chi connectivity index (χ0v) is 43.3. The van der Waals surface area contributed by atoms with Gasteiger partial charge in [-0.15, -0.1) is 0 Å². The number of rotatable bonds is 50. The first-order chi connectivity index (χ1) is 32.2. The molecule has 0 bridgehead atoms. The van der Waals surface area contributed by atoms with E-state index in [2.05, 4.69) is 57.2 Å². The Kier molecular flexibility index (Phi) is 47.4. The number of aliphatic hydroxyl groups is 1. The molecule has 0 aromatic rings. The summed E-state index contributed by atoms with van der Waals surface area (Å²) in [7, 11) is -4.74. The van der Waals surface area contributed by atoms with E-state index in [4.69, 9.17) is 23.3 Å². The van der Waals surface area contributed by atoms with Crippen molar-refractivity contribution in [3.8, 4) is 0 Å². The fraction of sp³-hybridized carbons (Fsp3) is 0.833. The molecule has 2 N–H and O–H groups in total. The molecular weight excluding hydrogens is 856 g/mol. The van der Waals surface area contributed by atoms with Gasteiger partial charge < -0.3 is 24.2 Å². The van der Waals surface area contributed by atoms with Crippen LogP contribution in [-0.2, 0) is 42.2 Å². The molecule has 0 aromatic carbocycles. The monoisotopic (exact) mass is 955 g/mol. The molecule has 12 heteroatoms. The van der Waals surface area contributed by atoms with E-state index in [0.717, 1.165) is 89.9 Å². The normalized spacial score (nSPS) is 13.7. The van der Waals surface area contributed by atoms with Crippen LogP contribution in [0.3, 0.4) is 0 Å². The van der Waals surface area contributed by atoms with Crippen LogP contribution in [0.2, 0.25) is 0 Å². The van der Waals surface area contributed by atoms with Crippen LogP contribution in [0.5, 0.6) is 0 Å². The third kappa shape index (κ3) is 46.8. The molecule has 3 unspecified atom stereocenters. The lowest BCUT2D eigenvalue weighted by Gasteiger charge is -2.21. The van der Waals surface area contributed by atoms with E-state index in [9.17, 15) is 28.9 Å². The van der Waals surface area contributed by atoms with Crippen LogP contribution in [0.4, 0.5) is 0 Å². The summed E-state index contributed by atoms with van der Waals surface area (Å²) in [5.41, 5.74) is 0. The summed E-state index contributed by atoms with van der Waals surface area (Å²) in [6.45, 7) is 4.57. The first kappa shape index (κ1) is 63.7. The van der Waals surface area contributed by atoms with Gasteiger partial charge in [-0.25, -0.2) is 4.57 Å². The fourth-order valence-electron chi connectivity index (χ4n) is 7.38. The van der Waals surface area contributed by atoms with Gasteiger partial charge in [0.05, 0.1) is 19.8 Å². The van der Waals surface area contributed by atoms with Gasteiger partial charge in [0, 0.05) is 19.3 Å². The smallest absolute Gasteiger partial charge is 0.462 e. The standard InChI is InChI=1S/C54H99O11P/c1-4-7-10-13-16-19-21-23-24-25-26-28-29-32-34-37-40-43-52(56)61-47-51(65-54(58)45-42-39-36-33-30-27-22-20-17-14-11-8-5-2)49-63-66(59,60)62-48-50(46-55)64-53(57)44-41-38-35-31-18-15-12-9-6-3/h16,19-20,22-24,50-51,55H,4-15,17-18,21,25-49H2,1-3H3,(H,59,60)/b19-16-,22-20-,24-23-. The van der Waals surface area contributed by atoms with Crippen molar-refractivity contribution >= 4 is 25.7 Å². The first-order valence-electron chi connectivity index (χ1n) is 26.9. The number of carbonyl (C=O) groups excluding carboxylic acids is 3. The SMILES string of the molecule is CCCCC/C=C\C/C=C\CCCCCCCCCC(=O)OCC(COP(=O)(O)OCC(CO)OC(=O)CCCCCCCCCCC)OC(=O)CCCCCCC/C=C\CCCCCC. The van der Waals surface area contributed by atoms with E-state index >= 15 is 0 Å². The molecule has 0 amide bonds. The number of phosphoric acid groups is 1. The summed E-state index contributed by atoms with van der Waals surface area (Å²) in [6, 6.07) is 0. The van der Waals surface area contributed by atoms with Crippen molar-refractivity contribution in [3.05, 3.63) is 36.5 Å². The van der Waals surface area contributed by atoms with E-state index in [0.29, 0.717) is 19.3 Å². The number of carbonyl (C=O) groups is 3. The zero-order chi connectivity index (χ0) is 48.4. The van der Waals surface area contributed by atoms with Gasteiger partial charge in [-0.1, -0.05) is 192 Å². The molecule has 0 aliphatic rings. The molecule has 3 atom stereocenters. The molecule has 0 rings (SSSR count). The van der Waals surface area contributed by atoms with Crippen LogP contribution in [-0.4, -0.2) is 66.5 Å². The second-order valence-electron chi connectivity index (χ2n) is 18.0. The summed E-state index contributed by atoms with van der Waals surface area (Å²) >= 11 is 0. The van der Waals surface area contributed by atoms with Crippen LogP contribution in [0, 0.1) is 0 Å². The van der Waals surface area contributed by atoms with Crippen molar-refractivity contribution < 1.29 is 52.2 Å². The average Bonchev–Trinajstić information content (AvgIpc) is 3.30. The summed E-state index contributed by atoms with van der Waals surface area (Å²) in [6.07, 6.45) is 48.3. The lowest BCUT2D eigenvalue weighted by Crippen LogP contribution is -2.30. The van der Waals surface area contributed by atoms with Crippen molar-refractivity contribution in [2.45, 2.75) is 264 Å². The van der Waals surface area contributed by atoms with Gasteiger partial charge in [-0.05, 0) is 77.0 Å². The molecule has 0 spiro atoms. The highest BCUT2D eigenvalue weighted by Crippen LogP contribution is 2.43. The van der Waals surface area contributed by atoms with E-state index in [1.807, 2.05) is 0 Å². The Morgan fingerprint density at radius 2 is 0.742 bits per heavy atom. The Balaban J connectivity index is 4.73. The summed E-state index contributed by atoms with van der Waals surface area (Å²) in [4.78, 5) is 48.3. The highest BCUT2D eigenvalue weighted by atomic mass is 31.2. The maximum Gasteiger partial charge on any atom is 0.472 e. The predicted molar refractivity (Wildman–Crippen MR) is 270 cm³/mol. The van der Waals surface area contributed by atoms with Crippen molar-refractivity contribution in [3.63, 3.8) is 0 Å². The Bertz CT molecular complexity index is 1250. The molecule has 0 aliphatic heterocycles. The van der Waals surface area contributed by atoms with E-state index in [1.54, 1.807) is 0 Å². The molecule has 0 heterocycles. The lowest BCUT2D eigenvalue weighted by atomic mass is 10.1. The Hall–Kier alpha value is -2.30. The Morgan fingerprint density at radius 1 is 0.424 bits per heavy atom. The summed E-state index contributed by atoms with van der Waals surface area (Å²) in [5, 5.41) is 9.75. The van der Waals surface area contributed by atoms with Crippen LogP contribution in [0.25, 0.3) is 0 Å². The highest BCUT2D eigenvalue weighted by Gasteiger charge is 2.28. The number of ether oxygens (including phenoxy) is 3. The van der Waals surface area contributed by atoms with E-state index in [1.165, 1.54) is 103 Å².